The van der Waals surface area contributed by atoms with Crippen molar-refractivity contribution in [1.82, 2.24) is 4.90 Å². The van der Waals surface area contributed by atoms with Gasteiger partial charge in [0, 0.05) is 18.6 Å². The van der Waals surface area contributed by atoms with E-state index in [1.165, 1.54) is 0 Å². The van der Waals surface area contributed by atoms with Crippen molar-refractivity contribution in [3.8, 4) is 0 Å². The molecule has 0 spiro atoms. The topological polar surface area (TPSA) is 20.3 Å². The summed E-state index contributed by atoms with van der Waals surface area (Å²) in [5.74, 6) is 0.0103. The van der Waals surface area contributed by atoms with E-state index in [0.29, 0.717) is 11.6 Å². The standard InChI is InChI=1S/C16H15BrClNO/c1-19(11-13-9-5-6-10-14(13)18)16(20)15(17)12-7-3-2-4-8-12/h2-10,15H,11H2,1H3. The van der Waals surface area contributed by atoms with Crippen LogP contribution in [0.2, 0.25) is 5.02 Å². The molecule has 1 atom stereocenters. The van der Waals surface area contributed by atoms with Gasteiger partial charge in [0.25, 0.3) is 0 Å². The molecule has 104 valence electrons. The molecule has 1 amide bonds. The van der Waals surface area contributed by atoms with Gasteiger partial charge in [0.15, 0.2) is 0 Å². The Bertz CT molecular complexity index is 588. The van der Waals surface area contributed by atoms with Crippen LogP contribution in [0.15, 0.2) is 54.6 Å². The summed E-state index contributed by atoms with van der Waals surface area (Å²) in [6, 6.07) is 17.2. The minimum absolute atomic E-state index is 0.0103. The summed E-state index contributed by atoms with van der Waals surface area (Å²) in [7, 11) is 1.78. The number of benzene rings is 2. The van der Waals surface area contributed by atoms with Crippen molar-refractivity contribution in [2.75, 3.05) is 7.05 Å². The SMILES string of the molecule is CN(Cc1ccccc1Cl)C(=O)C(Br)c1ccccc1. The lowest BCUT2D eigenvalue weighted by Crippen LogP contribution is -2.29. The molecule has 0 radical (unpaired) electrons. The van der Waals surface area contributed by atoms with E-state index in [2.05, 4.69) is 15.9 Å². The molecule has 2 rings (SSSR count). The molecule has 0 saturated heterocycles. The first-order valence-corrected chi connectivity index (χ1v) is 7.56. The van der Waals surface area contributed by atoms with Crippen LogP contribution in [0.4, 0.5) is 0 Å². The van der Waals surface area contributed by atoms with Crippen molar-refractivity contribution in [3.05, 3.63) is 70.7 Å². The summed E-state index contributed by atoms with van der Waals surface area (Å²) in [5, 5.41) is 0.679. The monoisotopic (exact) mass is 351 g/mol. The molecule has 20 heavy (non-hydrogen) atoms. The largest absolute Gasteiger partial charge is 0.340 e. The van der Waals surface area contributed by atoms with Crippen LogP contribution in [-0.2, 0) is 11.3 Å². The van der Waals surface area contributed by atoms with Crippen molar-refractivity contribution in [2.45, 2.75) is 11.4 Å². The highest BCUT2D eigenvalue weighted by atomic mass is 79.9. The minimum Gasteiger partial charge on any atom is -0.340 e. The number of hydrogen-bond donors (Lipinski definition) is 0. The summed E-state index contributed by atoms with van der Waals surface area (Å²) in [6.07, 6.45) is 0. The number of carbonyl (C=O) groups excluding carboxylic acids is 1. The maximum Gasteiger partial charge on any atom is 0.240 e. The fraction of sp³-hybridized carbons (Fsp3) is 0.188. The minimum atomic E-state index is -0.337. The van der Waals surface area contributed by atoms with Gasteiger partial charge in [0.05, 0.1) is 0 Å². The molecule has 2 aromatic carbocycles. The number of rotatable bonds is 4. The van der Waals surface area contributed by atoms with Crippen LogP contribution in [0.5, 0.6) is 0 Å². The molecule has 0 aliphatic heterocycles. The summed E-state index contributed by atoms with van der Waals surface area (Å²) >= 11 is 9.58. The first-order valence-electron chi connectivity index (χ1n) is 6.27. The van der Waals surface area contributed by atoms with Crippen LogP contribution in [0, 0.1) is 0 Å². The smallest absolute Gasteiger partial charge is 0.240 e. The Morgan fingerprint density at radius 3 is 2.40 bits per heavy atom. The molecule has 2 aromatic rings. The summed E-state index contributed by atoms with van der Waals surface area (Å²) in [4.78, 5) is 13.7. The number of likely N-dealkylation sites (N-methyl/N-ethyl adjacent to an activating group) is 1. The van der Waals surface area contributed by atoms with E-state index in [0.717, 1.165) is 11.1 Å². The van der Waals surface area contributed by atoms with E-state index in [4.69, 9.17) is 11.6 Å². The third kappa shape index (κ3) is 3.62. The second-order valence-electron chi connectivity index (χ2n) is 4.56. The first kappa shape index (κ1) is 15.1. The van der Waals surface area contributed by atoms with E-state index in [1.54, 1.807) is 11.9 Å². The average molecular weight is 353 g/mol. The van der Waals surface area contributed by atoms with Gasteiger partial charge in [-0.15, -0.1) is 0 Å². The van der Waals surface area contributed by atoms with Crippen LogP contribution < -0.4 is 0 Å². The van der Waals surface area contributed by atoms with Gasteiger partial charge in [-0.3, -0.25) is 4.79 Å². The second kappa shape index (κ2) is 6.91. The zero-order valence-electron chi connectivity index (χ0n) is 11.1. The first-order chi connectivity index (χ1) is 9.59. The van der Waals surface area contributed by atoms with Gasteiger partial charge in [0.1, 0.15) is 4.83 Å². The molecule has 0 N–H and O–H groups in total. The molecule has 0 saturated carbocycles. The number of amides is 1. The third-order valence-corrected chi connectivity index (χ3v) is 4.34. The Hall–Kier alpha value is -1.32. The highest BCUT2D eigenvalue weighted by Gasteiger charge is 2.21. The molecule has 4 heteroatoms. The molecule has 0 aromatic heterocycles. The number of halogens is 2. The predicted molar refractivity (Wildman–Crippen MR) is 86.0 cm³/mol. The zero-order valence-corrected chi connectivity index (χ0v) is 13.4. The van der Waals surface area contributed by atoms with Crippen molar-refractivity contribution >= 4 is 33.4 Å². The quantitative estimate of drug-likeness (QED) is 0.745. The molecule has 0 fully saturated rings. The Balaban J connectivity index is 2.08. The van der Waals surface area contributed by atoms with Crippen molar-refractivity contribution < 1.29 is 4.79 Å². The Labute approximate surface area is 132 Å². The summed E-state index contributed by atoms with van der Waals surface area (Å²) in [5.41, 5.74) is 1.89. The van der Waals surface area contributed by atoms with Gasteiger partial charge < -0.3 is 4.90 Å². The molecular formula is C16H15BrClNO. The molecule has 0 aliphatic rings. The fourth-order valence-electron chi connectivity index (χ4n) is 1.92. The third-order valence-electron chi connectivity index (χ3n) is 3.05. The summed E-state index contributed by atoms with van der Waals surface area (Å²) < 4.78 is 0. The molecule has 1 unspecified atom stereocenters. The van der Waals surface area contributed by atoms with Gasteiger partial charge in [-0.05, 0) is 17.2 Å². The summed E-state index contributed by atoms with van der Waals surface area (Å²) in [6.45, 7) is 0.493. The number of hydrogen-bond acceptors (Lipinski definition) is 1. The number of alkyl halides is 1. The Morgan fingerprint density at radius 2 is 1.75 bits per heavy atom. The van der Waals surface area contributed by atoms with Gasteiger partial charge in [0.2, 0.25) is 5.91 Å². The van der Waals surface area contributed by atoms with E-state index in [1.807, 2.05) is 54.6 Å². The van der Waals surface area contributed by atoms with E-state index in [-0.39, 0.29) is 10.7 Å². The van der Waals surface area contributed by atoms with Crippen molar-refractivity contribution in [1.29, 1.82) is 0 Å². The lowest BCUT2D eigenvalue weighted by atomic mass is 10.1. The Morgan fingerprint density at radius 1 is 1.15 bits per heavy atom. The van der Waals surface area contributed by atoms with E-state index in [9.17, 15) is 4.79 Å². The van der Waals surface area contributed by atoms with Crippen LogP contribution in [0.1, 0.15) is 16.0 Å². The van der Waals surface area contributed by atoms with Crippen LogP contribution in [0.25, 0.3) is 0 Å². The van der Waals surface area contributed by atoms with Crippen molar-refractivity contribution in [2.24, 2.45) is 0 Å². The molecule has 2 nitrogen and oxygen atoms in total. The van der Waals surface area contributed by atoms with Gasteiger partial charge >= 0.3 is 0 Å². The van der Waals surface area contributed by atoms with Crippen LogP contribution in [0.3, 0.4) is 0 Å². The zero-order chi connectivity index (χ0) is 14.5. The Kier molecular flexibility index (Phi) is 5.21. The lowest BCUT2D eigenvalue weighted by molar-refractivity contribution is -0.129. The van der Waals surface area contributed by atoms with Gasteiger partial charge in [-0.1, -0.05) is 76.1 Å². The maximum atomic E-state index is 12.4. The normalized spacial score (nSPS) is 11.9. The van der Waals surface area contributed by atoms with E-state index < -0.39 is 0 Å². The van der Waals surface area contributed by atoms with E-state index >= 15 is 0 Å². The van der Waals surface area contributed by atoms with Crippen molar-refractivity contribution in [3.63, 3.8) is 0 Å². The lowest BCUT2D eigenvalue weighted by Gasteiger charge is -2.21. The number of carbonyl (C=O) groups is 1. The maximum absolute atomic E-state index is 12.4. The van der Waals surface area contributed by atoms with Gasteiger partial charge in [-0.25, -0.2) is 0 Å². The van der Waals surface area contributed by atoms with Crippen LogP contribution >= 0.6 is 27.5 Å². The van der Waals surface area contributed by atoms with Gasteiger partial charge in [-0.2, -0.15) is 0 Å². The highest BCUT2D eigenvalue weighted by molar-refractivity contribution is 9.09. The van der Waals surface area contributed by atoms with Crippen LogP contribution in [-0.4, -0.2) is 17.9 Å². The second-order valence-corrected chi connectivity index (χ2v) is 5.88. The fourth-order valence-corrected chi connectivity index (χ4v) is 2.77. The highest BCUT2D eigenvalue weighted by Crippen LogP contribution is 2.26. The molecule has 0 bridgehead atoms. The molecule has 0 aliphatic carbocycles. The number of nitrogens with zero attached hydrogens (tertiary/aromatic N) is 1. The molecular weight excluding hydrogens is 338 g/mol. The average Bonchev–Trinajstić information content (AvgIpc) is 2.49. The predicted octanol–water partition coefficient (Wildman–Crippen LogP) is 4.43. The molecule has 0 heterocycles.